The summed E-state index contributed by atoms with van der Waals surface area (Å²) >= 11 is 6.34. The van der Waals surface area contributed by atoms with Crippen LogP contribution < -0.4 is 0 Å². The molecule has 9 heteroatoms. The molecule has 0 spiro atoms. The molecule has 0 fully saturated rings. The van der Waals surface area contributed by atoms with Crippen molar-refractivity contribution in [1.29, 1.82) is 10.5 Å². The third kappa shape index (κ3) is 7.18. The second-order valence-corrected chi connectivity index (χ2v) is 6.49. The highest BCUT2D eigenvalue weighted by molar-refractivity contribution is 9.12. The van der Waals surface area contributed by atoms with Crippen LogP contribution in [0.5, 0.6) is 0 Å². The normalized spacial score (nSPS) is 13.8. The van der Waals surface area contributed by atoms with Crippen LogP contribution in [-0.4, -0.2) is 24.8 Å². The summed E-state index contributed by atoms with van der Waals surface area (Å²) in [6, 6.07) is 8.50. The monoisotopic (exact) mass is 470 g/mol. The first-order chi connectivity index (χ1) is 11.0. The van der Waals surface area contributed by atoms with Crippen LogP contribution in [0.1, 0.15) is 22.9 Å². The van der Waals surface area contributed by atoms with Crippen molar-refractivity contribution in [3.05, 3.63) is 35.4 Å². The van der Waals surface area contributed by atoms with Gasteiger partial charge in [0.05, 0.1) is 16.5 Å². The summed E-state index contributed by atoms with van der Waals surface area (Å²) in [7, 11) is 2.85. The van der Waals surface area contributed by atoms with Crippen molar-refractivity contribution in [3.8, 4) is 12.1 Å². The molecule has 24 heavy (non-hydrogen) atoms. The van der Waals surface area contributed by atoms with Gasteiger partial charge in [-0.1, -0.05) is 44.0 Å². The van der Waals surface area contributed by atoms with Crippen LogP contribution in [0.4, 0.5) is 13.2 Å². The lowest BCUT2D eigenvalue weighted by atomic mass is 10.1. The Hall–Kier alpha value is -1.13. The molecular formula is C15H15Br2F3N2O2. The average molecular weight is 472 g/mol. The number of hydrogen-bond acceptors (Lipinski definition) is 4. The van der Waals surface area contributed by atoms with Crippen molar-refractivity contribution >= 4 is 31.9 Å². The first kappa shape index (κ1) is 22.9. The van der Waals surface area contributed by atoms with E-state index in [0.717, 1.165) is 12.1 Å². The molecule has 1 aromatic carbocycles. The van der Waals surface area contributed by atoms with Crippen molar-refractivity contribution in [1.82, 2.24) is 0 Å². The Balaban J connectivity index is 0.000000561. The Labute approximate surface area is 155 Å². The largest absolute Gasteiger partial charge is 0.416 e. The quantitative estimate of drug-likeness (QED) is 0.460. The molecule has 132 valence electrons. The standard InChI is InChI=1S/C10H6Br2F3N.C5H9NO2/c11-8(5-16)9(12)6-1-3-7(4-2-6)10(13,14)15;1-5(4-6,7-2)8-3/h1-4,8-9H;1-3H3. The van der Waals surface area contributed by atoms with E-state index in [-0.39, 0.29) is 4.83 Å². The fourth-order valence-corrected chi connectivity index (χ4v) is 1.99. The van der Waals surface area contributed by atoms with Crippen molar-refractivity contribution in [2.24, 2.45) is 0 Å². The van der Waals surface area contributed by atoms with Gasteiger partial charge in [0.1, 0.15) is 10.9 Å². The molecule has 0 heterocycles. The Morgan fingerprint density at radius 3 is 1.75 bits per heavy atom. The maximum Gasteiger partial charge on any atom is 0.416 e. The highest BCUT2D eigenvalue weighted by atomic mass is 79.9. The molecule has 1 aromatic rings. The van der Waals surface area contributed by atoms with Gasteiger partial charge in [0.25, 0.3) is 5.79 Å². The predicted octanol–water partition coefficient (Wildman–Crippen LogP) is 4.95. The van der Waals surface area contributed by atoms with E-state index in [1.54, 1.807) is 6.92 Å². The zero-order valence-electron chi connectivity index (χ0n) is 13.1. The molecule has 0 aromatic heterocycles. The van der Waals surface area contributed by atoms with E-state index in [1.165, 1.54) is 26.4 Å². The fourth-order valence-electron chi connectivity index (χ4n) is 1.26. The number of alkyl halides is 5. The molecule has 0 bridgehead atoms. The molecular weight excluding hydrogens is 457 g/mol. The second kappa shape index (κ2) is 10.00. The number of nitrogens with zero attached hydrogens (tertiary/aromatic N) is 2. The average Bonchev–Trinajstić information content (AvgIpc) is 2.59. The zero-order chi connectivity index (χ0) is 19.0. The highest BCUT2D eigenvalue weighted by Crippen LogP contribution is 2.34. The van der Waals surface area contributed by atoms with E-state index in [9.17, 15) is 13.2 Å². The molecule has 2 atom stereocenters. The molecule has 0 saturated heterocycles. The van der Waals surface area contributed by atoms with Crippen molar-refractivity contribution < 1.29 is 22.6 Å². The molecule has 4 nitrogen and oxygen atoms in total. The molecule has 0 saturated carbocycles. The first-order valence-corrected chi connectivity index (χ1v) is 8.24. The minimum atomic E-state index is -4.33. The number of nitriles is 2. The smallest absolute Gasteiger partial charge is 0.342 e. The van der Waals surface area contributed by atoms with Gasteiger partial charge in [0, 0.05) is 21.1 Å². The Morgan fingerprint density at radius 2 is 1.50 bits per heavy atom. The summed E-state index contributed by atoms with van der Waals surface area (Å²) in [5.74, 6) is -1.07. The van der Waals surface area contributed by atoms with Gasteiger partial charge in [0.15, 0.2) is 0 Å². The lowest BCUT2D eigenvalue weighted by Crippen LogP contribution is -2.26. The van der Waals surface area contributed by atoms with E-state index < -0.39 is 22.4 Å². The summed E-state index contributed by atoms with van der Waals surface area (Å²) in [5, 5.41) is 16.9. The first-order valence-electron chi connectivity index (χ1n) is 6.41. The van der Waals surface area contributed by atoms with Crippen LogP contribution in [0.15, 0.2) is 24.3 Å². The Bertz CT molecular complexity index is 591. The van der Waals surface area contributed by atoms with E-state index in [1.807, 2.05) is 12.1 Å². The van der Waals surface area contributed by atoms with Crippen LogP contribution in [0.2, 0.25) is 0 Å². The fraction of sp³-hybridized carbons (Fsp3) is 0.467. The minimum Gasteiger partial charge on any atom is -0.342 e. The van der Waals surface area contributed by atoms with Crippen molar-refractivity contribution in [3.63, 3.8) is 0 Å². The van der Waals surface area contributed by atoms with E-state index in [4.69, 9.17) is 10.5 Å². The number of hydrogen-bond donors (Lipinski definition) is 0. The summed E-state index contributed by atoms with van der Waals surface area (Å²) in [6.07, 6.45) is -4.33. The van der Waals surface area contributed by atoms with E-state index >= 15 is 0 Å². The van der Waals surface area contributed by atoms with Gasteiger partial charge in [-0.25, -0.2) is 0 Å². The van der Waals surface area contributed by atoms with Gasteiger partial charge < -0.3 is 9.47 Å². The molecule has 0 N–H and O–H groups in total. The number of ether oxygens (including phenoxy) is 2. The molecule has 0 aliphatic heterocycles. The molecule has 1 rings (SSSR count). The van der Waals surface area contributed by atoms with Crippen molar-refractivity contribution in [2.75, 3.05) is 14.2 Å². The SMILES string of the molecule is COC(C)(C#N)OC.N#CC(Br)C(Br)c1ccc(C(F)(F)F)cc1. The number of methoxy groups -OCH3 is 2. The maximum absolute atomic E-state index is 12.3. The number of rotatable bonds is 4. The second-order valence-electron chi connectivity index (χ2n) is 4.52. The highest BCUT2D eigenvalue weighted by Gasteiger charge is 2.30. The molecule has 2 unspecified atom stereocenters. The maximum atomic E-state index is 12.3. The van der Waals surface area contributed by atoms with Gasteiger partial charge >= 0.3 is 6.18 Å². The Kier molecular flexibility index (Phi) is 9.53. The molecule has 0 amide bonds. The third-order valence-electron chi connectivity index (χ3n) is 2.92. The van der Waals surface area contributed by atoms with E-state index in [0.29, 0.717) is 5.56 Å². The molecule has 0 aliphatic rings. The minimum absolute atomic E-state index is 0.334. The van der Waals surface area contributed by atoms with Crippen molar-refractivity contribution in [2.45, 2.75) is 28.5 Å². The van der Waals surface area contributed by atoms with Gasteiger partial charge in [-0.15, -0.1) is 0 Å². The van der Waals surface area contributed by atoms with Gasteiger partial charge in [-0.2, -0.15) is 23.7 Å². The number of halogens is 5. The van der Waals surface area contributed by atoms with Gasteiger partial charge in [-0.05, 0) is 17.7 Å². The summed E-state index contributed by atoms with van der Waals surface area (Å²) in [4.78, 5) is -0.816. The molecule has 0 aliphatic carbocycles. The van der Waals surface area contributed by atoms with Gasteiger partial charge in [-0.3, -0.25) is 0 Å². The zero-order valence-corrected chi connectivity index (χ0v) is 16.2. The summed E-state index contributed by atoms with van der Waals surface area (Å²) in [6.45, 7) is 1.55. The van der Waals surface area contributed by atoms with E-state index in [2.05, 4.69) is 41.3 Å². The summed E-state index contributed by atoms with van der Waals surface area (Å²) < 4.78 is 46.1. The van der Waals surface area contributed by atoms with Crippen LogP contribution in [0.3, 0.4) is 0 Å². The van der Waals surface area contributed by atoms with Crippen LogP contribution in [0, 0.1) is 22.7 Å². The third-order valence-corrected chi connectivity index (χ3v) is 5.42. The lowest BCUT2D eigenvalue weighted by molar-refractivity contribution is -0.149. The summed E-state index contributed by atoms with van der Waals surface area (Å²) in [5.41, 5.74) is -0.0737. The topological polar surface area (TPSA) is 66.0 Å². The van der Waals surface area contributed by atoms with Crippen LogP contribution >= 0.6 is 31.9 Å². The van der Waals surface area contributed by atoms with Gasteiger partial charge in [0.2, 0.25) is 0 Å². The van der Waals surface area contributed by atoms with Crippen LogP contribution in [-0.2, 0) is 15.7 Å². The Morgan fingerprint density at radius 1 is 1.04 bits per heavy atom. The lowest BCUT2D eigenvalue weighted by Gasteiger charge is -2.15. The molecule has 0 radical (unpaired) electrons. The number of benzene rings is 1. The van der Waals surface area contributed by atoms with Crippen LogP contribution in [0.25, 0.3) is 0 Å². The predicted molar refractivity (Wildman–Crippen MR) is 89.5 cm³/mol.